The first-order valence-corrected chi connectivity index (χ1v) is 12.1. The van der Waals surface area contributed by atoms with Gasteiger partial charge in [-0.15, -0.1) is 11.8 Å². The van der Waals surface area contributed by atoms with Crippen molar-refractivity contribution in [2.75, 3.05) is 6.54 Å². The van der Waals surface area contributed by atoms with Crippen LogP contribution in [0.2, 0.25) is 0 Å². The van der Waals surface area contributed by atoms with Crippen molar-refractivity contribution < 1.29 is 14.3 Å². The van der Waals surface area contributed by atoms with Crippen LogP contribution < -0.4 is 4.74 Å². The molecule has 0 N–H and O–H groups in total. The van der Waals surface area contributed by atoms with Gasteiger partial charge >= 0.3 is 0 Å². The Morgan fingerprint density at radius 3 is 2.00 bits per heavy atom. The highest BCUT2D eigenvalue weighted by molar-refractivity contribution is 8.03. The average Bonchev–Trinajstić information content (AvgIpc) is 3.06. The lowest BCUT2D eigenvalue weighted by Gasteiger charge is -2.15. The van der Waals surface area contributed by atoms with Gasteiger partial charge in [0.2, 0.25) is 0 Å². The molecule has 5 heteroatoms. The fraction of sp³-hybridized carbons (Fsp3) is 0.214. The van der Waals surface area contributed by atoms with Gasteiger partial charge in [0.25, 0.3) is 11.8 Å². The van der Waals surface area contributed by atoms with Gasteiger partial charge in [0.15, 0.2) is 0 Å². The number of thioether (sulfide) groups is 1. The van der Waals surface area contributed by atoms with Crippen LogP contribution in [0.3, 0.4) is 0 Å². The second kappa shape index (κ2) is 10.5. The summed E-state index contributed by atoms with van der Waals surface area (Å²) in [6.45, 7) is 4.30. The summed E-state index contributed by atoms with van der Waals surface area (Å²) in [5, 5.41) is 0. The van der Waals surface area contributed by atoms with Crippen molar-refractivity contribution in [3.05, 3.63) is 107 Å². The Kier molecular flexibility index (Phi) is 7.30. The van der Waals surface area contributed by atoms with Crippen LogP contribution in [0.5, 0.6) is 5.75 Å². The van der Waals surface area contributed by atoms with Crippen molar-refractivity contribution in [1.82, 2.24) is 4.90 Å². The normalized spacial score (nSPS) is 13.8. The van der Waals surface area contributed by atoms with Crippen LogP contribution in [0, 0.1) is 0 Å². The molecule has 0 radical (unpaired) electrons. The van der Waals surface area contributed by atoms with E-state index in [1.165, 1.54) is 16.7 Å². The summed E-state index contributed by atoms with van der Waals surface area (Å²) in [6.07, 6.45) is 0.693. The SMILES string of the molecule is CC(C)Oc1ccc(C2=C(SCc3ccccc3)C(=O)N(CCc3ccccc3)C2=O)cc1. The van der Waals surface area contributed by atoms with Gasteiger partial charge < -0.3 is 4.74 Å². The number of ether oxygens (including phenoxy) is 1. The summed E-state index contributed by atoms with van der Waals surface area (Å²) >= 11 is 1.43. The number of nitrogens with zero attached hydrogens (tertiary/aromatic N) is 1. The predicted molar refractivity (Wildman–Crippen MR) is 134 cm³/mol. The van der Waals surface area contributed by atoms with E-state index in [-0.39, 0.29) is 17.9 Å². The smallest absolute Gasteiger partial charge is 0.268 e. The van der Waals surface area contributed by atoms with E-state index in [2.05, 4.69) is 0 Å². The third-order valence-electron chi connectivity index (χ3n) is 5.33. The zero-order valence-corrected chi connectivity index (χ0v) is 19.7. The summed E-state index contributed by atoms with van der Waals surface area (Å²) < 4.78 is 5.74. The van der Waals surface area contributed by atoms with E-state index in [1.54, 1.807) is 0 Å². The average molecular weight is 458 g/mol. The number of hydrogen-bond donors (Lipinski definition) is 0. The Labute approximate surface area is 199 Å². The molecule has 1 aliphatic heterocycles. The molecule has 1 heterocycles. The molecule has 0 unspecified atom stereocenters. The molecule has 4 rings (SSSR count). The third-order valence-corrected chi connectivity index (χ3v) is 6.48. The summed E-state index contributed by atoms with van der Waals surface area (Å²) in [7, 11) is 0. The first kappa shape index (κ1) is 22.9. The Hall–Kier alpha value is -3.31. The Morgan fingerprint density at radius 1 is 0.788 bits per heavy atom. The molecule has 168 valence electrons. The highest BCUT2D eigenvalue weighted by atomic mass is 32.2. The molecule has 1 aliphatic rings. The summed E-state index contributed by atoms with van der Waals surface area (Å²) in [6, 6.07) is 27.3. The van der Waals surface area contributed by atoms with Crippen LogP contribution in [-0.2, 0) is 21.8 Å². The molecule has 33 heavy (non-hydrogen) atoms. The Morgan fingerprint density at radius 2 is 1.39 bits per heavy atom. The Balaban J connectivity index is 1.60. The molecule has 2 amide bonds. The molecule has 3 aromatic rings. The van der Waals surface area contributed by atoms with Crippen molar-refractivity contribution in [2.45, 2.75) is 32.1 Å². The number of benzene rings is 3. The molecule has 0 fully saturated rings. The monoisotopic (exact) mass is 457 g/mol. The van der Waals surface area contributed by atoms with E-state index in [9.17, 15) is 9.59 Å². The number of imide groups is 1. The molecule has 0 saturated heterocycles. The minimum Gasteiger partial charge on any atom is -0.491 e. The topological polar surface area (TPSA) is 46.6 Å². The second-order valence-corrected chi connectivity index (χ2v) is 9.15. The van der Waals surface area contributed by atoms with Crippen molar-refractivity contribution in [3.63, 3.8) is 0 Å². The summed E-state index contributed by atoms with van der Waals surface area (Å²) in [5.41, 5.74) is 3.42. The van der Waals surface area contributed by atoms with Crippen molar-refractivity contribution in [1.29, 1.82) is 0 Å². The van der Waals surface area contributed by atoms with E-state index >= 15 is 0 Å². The minimum atomic E-state index is -0.232. The zero-order valence-electron chi connectivity index (χ0n) is 18.9. The van der Waals surface area contributed by atoms with Crippen LogP contribution in [0.4, 0.5) is 0 Å². The van der Waals surface area contributed by atoms with Gasteiger partial charge in [0, 0.05) is 12.3 Å². The highest BCUT2D eigenvalue weighted by Crippen LogP contribution is 2.38. The molecular weight excluding hydrogens is 430 g/mol. The van der Waals surface area contributed by atoms with Gasteiger partial charge in [-0.05, 0) is 49.1 Å². The maximum Gasteiger partial charge on any atom is 0.268 e. The number of hydrogen-bond acceptors (Lipinski definition) is 4. The van der Waals surface area contributed by atoms with Gasteiger partial charge in [-0.1, -0.05) is 72.8 Å². The van der Waals surface area contributed by atoms with Crippen LogP contribution >= 0.6 is 11.8 Å². The van der Waals surface area contributed by atoms with E-state index in [1.807, 2.05) is 98.8 Å². The van der Waals surface area contributed by atoms with Gasteiger partial charge in [-0.2, -0.15) is 0 Å². The molecule has 0 bridgehead atoms. The zero-order chi connectivity index (χ0) is 23.2. The van der Waals surface area contributed by atoms with Crippen LogP contribution in [0.15, 0.2) is 89.8 Å². The molecule has 0 atom stereocenters. The standard InChI is InChI=1S/C28H27NO3S/c1-20(2)32-24-15-13-23(14-16-24)25-26(33-19-22-11-7-4-8-12-22)28(31)29(27(25)30)18-17-21-9-5-3-6-10-21/h3-16,20H,17-19H2,1-2H3. The molecule has 3 aromatic carbocycles. The van der Waals surface area contributed by atoms with Crippen LogP contribution in [0.25, 0.3) is 5.57 Å². The van der Waals surface area contributed by atoms with Crippen LogP contribution in [0.1, 0.15) is 30.5 Å². The lowest BCUT2D eigenvalue weighted by atomic mass is 10.1. The lowest BCUT2D eigenvalue weighted by molar-refractivity contribution is -0.136. The molecule has 0 spiro atoms. The first-order valence-electron chi connectivity index (χ1n) is 11.1. The molecule has 0 saturated carbocycles. The maximum atomic E-state index is 13.4. The van der Waals surface area contributed by atoms with Gasteiger partial charge in [0.05, 0.1) is 16.6 Å². The van der Waals surface area contributed by atoms with E-state index in [0.29, 0.717) is 29.2 Å². The van der Waals surface area contributed by atoms with Crippen molar-refractivity contribution in [2.24, 2.45) is 0 Å². The Bertz CT molecular complexity index is 1140. The number of amides is 2. The van der Waals surface area contributed by atoms with Crippen LogP contribution in [-0.4, -0.2) is 29.4 Å². The van der Waals surface area contributed by atoms with Crippen molar-refractivity contribution >= 4 is 29.1 Å². The van der Waals surface area contributed by atoms with E-state index in [4.69, 9.17) is 4.74 Å². The van der Waals surface area contributed by atoms with Gasteiger partial charge in [0.1, 0.15) is 5.75 Å². The third kappa shape index (κ3) is 5.55. The van der Waals surface area contributed by atoms with E-state index in [0.717, 1.165) is 22.4 Å². The lowest BCUT2D eigenvalue weighted by Crippen LogP contribution is -2.33. The maximum absolute atomic E-state index is 13.4. The largest absolute Gasteiger partial charge is 0.491 e. The quantitative estimate of drug-likeness (QED) is 0.385. The highest BCUT2D eigenvalue weighted by Gasteiger charge is 2.38. The second-order valence-electron chi connectivity index (χ2n) is 8.17. The number of rotatable bonds is 9. The minimum absolute atomic E-state index is 0.0650. The van der Waals surface area contributed by atoms with E-state index < -0.39 is 0 Å². The fourth-order valence-electron chi connectivity index (χ4n) is 3.73. The van der Waals surface area contributed by atoms with Gasteiger partial charge in [-0.25, -0.2) is 0 Å². The van der Waals surface area contributed by atoms with Crippen molar-refractivity contribution in [3.8, 4) is 5.75 Å². The van der Waals surface area contributed by atoms with Gasteiger partial charge in [-0.3, -0.25) is 14.5 Å². The molecule has 0 aromatic heterocycles. The summed E-state index contributed by atoms with van der Waals surface area (Å²) in [4.78, 5) is 28.7. The molecule has 0 aliphatic carbocycles. The number of carbonyl (C=O) groups excluding carboxylic acids is 2. The molecular formula is C28H27NO3S. The summed E-state index contributed by atoms with van der Waals surface area (Å²) in [5.74, 6) is 0.920. The first-order chi connectivity index (χ1) is 16.0. The predicted octanol–water partition coefficient (Wildman–Crippen LogP) is 5.73. The fourth-order valence-corrected chi connectivity index (χ4v) is 4.82. The molecule has 4 nitrogen and oxygen atoms in total. The number of carbonyl (C=O) groups is 2.